The van der Waals surface area contributed by atoms with Gasteiger partial charge in [-0.2, -0.15) is 0 Å². The molecule has 1 N–H and O–H groups in total. The number of nitrogens with one attached hydrogen (secondary N) is 1. The van der Waals surface area contributed by atoms with Crippen LogP contribution in [0.1, 0.15) is 25.2 Å². The molecule has 0 unspecified atom stereocenters. The minimum absolute atomic E-state index is 0.166. The molecule has 1 fully saturated rings. The highest BCUT2D eigenvalue weighted by Gasteiger charge is 2.38. The summed E-state index contributed by atoms with van der Waals surface area (Å²) in [5.74, 6) is -2.65. The average molecular weight is 340 g/mol. The quantitative estimate of drug-likeness (QED) is 0.528. The second-order valence-corrected chi connectivity index (χ2v) is 6.38. The SMILES string of the molecule is Cc1ccc(C)n1-c1ccc(NC=C2C(=O)OC(C)(C)OC2=O)cc1. The molecular weight excluding hydrogens is 320 g/mol. The molecule has 6 heteroatoms. The van der Waals surface area contributed by atoms with Crippen LogP contribution < -0.4 is 5.32 Å². The number of rotatable bonds is 3. The Labute approximate surface area is 146 Å². The van der Waals surface area contributed by atoms with Crippen LogP contribution in [0, 0.1) is 13.8 Å². The van der Waals surface area contributed by atoms with Gasteiger partial charge in [0, 0.05) is 42.8 Å². The molecule has 1 aromatic heterocycles. The number of hydrogen-bond donors (Lipinski definition) is 1. The summed E-state index contributed by atoms with van der Waals surface area (Å²) < 4.78 is 12.2. The lowest BCUT2D eigenvalue weighted by molar-refractivity contribution is -0.222. The first-order valence-corrected chi connectivity index (χ1v) is 7.95. The Bertz CT molecular complexity index is 819. The molecule has 2 heterocycles. The predicted molar refractivity (Wildman–Crippen MR) is 93.2 cm³/mol. The van der Waals surface area contributed by atoms with E-state index in [1.165, 1.54) is 20.0 Å². The van der Waals surface area contributed by atoms with E-state index in [4.69, 9.17) is 9.47 Å². The standard InChI is InChI=1S/C19H20N2O4/c1-12-5-6-13(2)21(12)15-9-7-14(8-10-15)20-11-16-17(22)24-19(3,4)25-18(16)23/h5-11,20H,1-4H3. The Hall–Kier alpha value is -3.02. The molecule has 130 valence electrons. The molecule has 6 nitrogen and oxygen atoms in total. The number of cyclic esters (lactones) is 2. The molecule has 0 aliphatic carbocycles. The van der Waals surface area contributed by atoms with Crippen LogP contribution in [0.15, 0.2) is 48.2 Å². The summed E-state index contributed by atoms with van der Waals surface area (Å²) in [7, 11) is 0. The first kappa shape index (κ1) is 16.8. The average Bonchev–Trinajstić information content (AvgIpc) is 2.85. The third-order valence-electron chi connectivity index (χ3n) is 3.90. The number of carbonyl (C=O) groups is 2. The third kappa shape index (κ3) is 3.42. The normalized spacial score (nSPS) is 16.2. The van der Waals surface area contributed by atoms with E-state index in [9.17, 15) is 9.59 Å². The lowest BCUT2D eigenvalue weighted by Crippen LogP contribution is -2.42. The minimum Gasteiger partial charge on any atom is -0.419 e. The minimum atomic E-state index is -1.24. The van der Waals surface area contributed by atoms with E-state index in [0.717, 1.165) is 22.8 Å². The fourth-order valence-electron chi connectivity index (χ4n) is 2.72. The van der Waals surface area contributed by atoms with Crippen molar-refractivity contribution in [2.24, 2.45) is 0 Å². The summed E-state index contributed by atoms with van der Waals surface area (Å²) in [6.07, 6.45) is 1.31. The van der Waals surface area contributed by atoms with E-state index in [-0.39, 0.29) is 5.57 Å². The fourth-order valence-corrected chi connectivity index (χ4v) is 2.72. The number of hydrogen-bond acceptors (Lipinski definition) is 5. The molecule has 0 atom stereocenters. The number of aromatic nitrogens is 1. The van der Waals surface area contributed by atoms with Crippen LogP contribution in [0.4, 0.5) is 5.69 Å². The summed E-state index contributed by atoms with van der Waals surface area (Å²) in [6.45, 7) is 7.12. The van der Waals surface area contributed by atoms with Crippen molar-refractivity contribution in [2.75, 3.05) is 5.32 Å². The van der Waals surface area contributed by atoms with E-state index >= 15 is 0 Å². The van der Waals surface area contributed by atoms with Gasteiger partial charge >= 0.3 is 11.9 Å². The van der Waals surface area contributed by atoms with Crippen molar-refractivity contribution in [1.29, 1.82) is 0 Å². The van der Waals surface area contributed by atoms with Gasteiger partial charge < -0.3 is 19.4 Å². The van der Waals surface area contributed by atoms with Gasteiger partial charge in [0.1, 0.15) is 0 Å². The smallest absolute Gasteiger partial charge is 0.350 e. The van der Waals surface area contributed by atoms with Gasteiger partial charge in [-0.25, -0.2) is 9.59 Å². The van der Waals surface area contributed by atoms with Gasteiger partial charge in [-0.3, -0.25) is 0 Å². The maximum Gasteiger partial charge on any atom is 0.350 e. The molecular formula is C19H20N2O4. The van der Waals surface area contributed by atoms with Crippen LogP contribution in [0.25, 0.3) is 5.69 Å². The molecule has 25 heavy (non-hydrogen) atoms. The molecule has 1 aliphatic heterocycles. The van der Waals surface area contributed by atoms with Crippen LogP contribution in [0.5, 0.6) is 0 Å². The molecule has 0 radical (unpaired) electrons. The first-order chi connectivity index (χ1) is 11.8. The van der Waals surface area contributed by atoms with Crippen molar-refractivity contribution in [2.45, 2.75) is 33.5 Å². The highest BCUT2D eigenvalue weighted by atomic mass is 16.7. The zero-order chi connectivity index (χ0) is 18.2. The molecule has 0 saturated carbocycles. The van der Waals surface area contributed by atoms with E-state index in [1.54, 1.807) is 0 Å². The van der Waals surface area contributed by atoms with Gasteiger partial charge in [0.05, 0.1) is 0 Å². The third-order valence-corrected chi connectivity index (χ3v) is 3.90. The summed E-state index contributed by atoms with van der Waals surface area (Å²) >= 11 is 0. The van der Waals surface area contributed by atoms with Gasteiger partial charge in [0.15, 0.2) is 5.57 Å². The van der Waals surface area contributed by atoms with Gasteiger partial charge in [-0.05, 0) is 50.2 Å². The lowest BCUT2D eigenvalue weighted by atomic mass is 10.2. The number of carbonyl (C=O) groups excluding carboxylic acids is 2. The predicted octanol–water partition coefficient (Wildman–Crippen LogP) is 3.23. The second-order valence-electron chi connectivity index (χ2n) is 6.38. The van der Waals surface area contributed by atoms with Crippen molar-refractivity contribution in [3.05, 3.63) is 59.6 Å². The molecule has 1 aromatic carbocycles. The van der Waals surface area contributed by atoms with Gasteiger partial charge in [-0.1, -0.05) is 0 Å². The second kappa shape index (κ2) is 6.12. The highest BCUT2D eigenvalue weighted by Crippen LogP contribution is 2.23. The number of esters is 2. The molecule has 0 bridgehead atoms. The molecule has 3 rings (SSSR count). The van der Waals surface area contributed by atoms with Crippen LogP contribution in [-0.2, 0) is 19.1 Å². The Morgan fingerprint density at radius 3 is 1.96 bits per heavy atom. The largest absolute Gasteiger partial charge is 0.419 e. The Balaban J connectivity index is 1.76. The summed E-state index contributed by atoms with van der Waals surface area (Å²) in [4.78, 5) is 23.8. The molecule has 0 amide bonds. The number of aryl methyl sites for hydroxylation is 2. The number of benzene rings is 1. The Morgan fingerprint density at radius 1 is 0.920 bits per heavy atom. The maximum atomic E-state index is 11.9. The molecule has 1 saturated heterocycles. The van der Waals surface area contributed by atoms with Crippen LogP contribution in [-0.4, -0.2) is 22.3 Å². The Morgan fingerprint density at radius 2 is 1.44 bits per heavy atom. The summed E-state index contributed by atoms with van der Waals surface area (Å²) in [5.41, 5.74) is 3.91. The van der Waals surface area contributed by atoms with Crippen molar-refractivity contribution < 1.29 is 19.1 Å². The fraction of sp³-hybridized carbons (Fsp3) is 0.263. The zero-order valence-electron chi connectivity index (χ0n) is 14.6. The monoisotopic (exact) mass is 340 g/mol. The number of nitrogens with zero attached hydrogens (tertiary/aromatic N) is 1. The van der Waals surface area contributed by atoms with Crippen LogP contribution in [0.2, 0.25) is 0 Å². The maximum absolute atomic E-state index is 11.9. The zero-order valence-corrected chi connectivity index (χ0v) is 14.6. The van der Waals surface area contributed by atoms with Crippen LogP contribution >= 0.6 is 0 Å². The number of ether oxygens (including phenoxy) is 2. The lowest BCUT2D eigenvalue weighted by Gasteiger charge is -2.29. The van der Waals surface area contributed by atoms with Gasteiger partial charge in [0.2, 0.25) is 0 Å². The van der Waals surface area contributed by atoms with Crippen LogP contribution in [0.3, 0.4) is 0 Å². The van der Waals surface area contributed by atoms with Gasteiger partial charge in [-0.15, -0.1) is 0 Å². The van der Waals surface area contributed by atoms with Crippen molar-refractivity contribution >= 4 is 17.6 Å². The van der Waals surface area contributed by atoms with Gasteiger partial charge in [0.25, 0.3) is 5.79 Å². The molecule has 0 spiro atoms. The van der Waals surface area contributed by atoms with Crippen molar-refractivity contribution in [3.8, 4) is 5.69 Å². The topological polar surface area (TPSA) is 69.6 Å². The van der Waals surface area contributed by atoms with E-state index in [1.807, 2.05) is 38.1 Å². The summed E-state index contributed by atoms with van der Waals surface area (Å²) in [5, 5.41) is 2.93. The van der Waals surface area contributed by atoms with Crippen molar-refractivity contribution in [3.63, 3.8) is 0 Å². The summed E-state index contributed by atoms with van der Waals surface area (Å²) in [6, 6.07) is 11.8. The van der Waals surface area contributed by atoms with E-state index in [2.05, 4.69) is 22.0 Å². The van der Waals surface area contributed by atoms with E-state index in [0.29, 0.717) is 0 Å². The Kier molecular flexibility index (Phi) is 4.12. The highest BCUT2D eigenvalue weighted by molar-refractivity contribution is 6.15. The molecule has 2 aromatic rings. The van der Waals surface area contributed by atoms with Crippen molar-refractivity contribution in [1.82, 2.24) is 4.57 Å². The first-order valence-electron chi connectivity index (χ1n) is 7.95. The number of anilines is 1. The van der Waals surface area contributed by atoms with E-state index < -0.39 is 17.7 Å². The molecule has 1 aliphatic rings.